The second-order valence-electron chi connectivity index (χ2n) is 4.08. The number of carbonyl (C=O) groups excluding carboxylic acids is 2. The number of thioether (sulfide) groups is 1. The Morgan fingerprint density at radius 1 is 1.53 bits per heavy atom. The number of hydrogen-bond donors (Lipinski definition) is 2. The summed E-state index contributed by atoms with van der Waals surface area (Å²) in [7, 11) is -4.52. The van der Waals surface area contributed by atoms with E-state index in [1.54, 1.807) is 0 Å². The molecule has 0 aliphatic carbocycles. The van der Waals surface area contributed by atoms with Crippen molar-refractivity contribution in [2.24, 2.45) is 0 Å². The Morgan fingerprint density at radius 2 is 2.11 bits per heavy atom. The molecule has 2 atom stereocenters. The van der Waals surface area contributed by atoms with Gasteiger partial charge in [0.05, 0.1) is 0 Å². The van der Waals surface area contributed by atoms with Gasteiger partial charge in [-0.1, -0.05) is 11.8 Å². The quantitative estimate of drug-likeness (QED) is 0.632. The number of aliphatic carboxylic acids is 1. The molecule has 0 aromatic heterocycles. The van der Waals surface area contributed by atoms with Crippen LogP contribution in [0.2, 0.25) is 0 Å². The van der Waals surface area contributed by atoms with E-state index in [0.717, 1.165) is 16.7 Å². The van der Waals surface area contributed by atoms with Gasteiger partial charge in [0, 0.05) is 25.1 Å². The van der Waals surface area contributed by atoms with Crippen molar-refractivity contribution in [3.63, 3.8) is 0 Å². The molecule has 1 rings (SSSR count). The van der Waals surface area contributed by atoms with Crippen LogP contribution in [-0.2, 0) is 24.5 Å². The zero-order valence-corrected chi connectivity index (χ0v) is 11.6. The third-order valence-corrected chi connectivity index (χ3v) is 4.20. The molecular weight excluding hydrogens is 298 g/mol. The Kier molecular flexibility index (Phi) is 4.93. The Balaban J connectivity index is 2.84. The minimum absolute atomic E-state index is 0.0283. The molecule has 0 aromatic rings. The summed E-state index contributed by atoms with van der Waals surface area (Å²) >= 11 is 0.910. The second kappa shape index (κ2) is 5.88. The van der Waals surface area contributed by atoms with Crippen LogP contribution in [0.1, 0.15) is 13.3 Å². The van der Waals surface area contributed by atoms with E-state index in [-0.39, 0.29) is 18.1 Å². The van der Waals surface area contributed by atoms with Crippen molar-refractivity contribution in [2.75, 3.05) is 12.3 Å². The van der Waals surface area contributed by atoms with Crippen molar-refractivity contribution in [2.45, 2.75) is 24.6 Å². The highest BCUT2D eigenvalue weighted by atomic mass is 32.2. The third kappa shape index (κ3) is 4.80. The van der Waals surface area contributed by atoms with Gasteiger partial charge in [0.1, 0.15) is 11.8 Å². The van der Waals surface area contributed by atoms with Gasteiger partial charge in [-0.3, -0.25) is 14.1 Å². The van der Waals surface area contributed by atoms with E-state index in [9.17, 15) is 22.8 Å². The van der Waals surface area contributed by atoms with E-state index < -0.39 is 39.0 Å². The van der Waals surface area contributed by atoms with Crippen molar-refractivity contribution in [3.8, 4) is 0 Å². The van der Waals surface area contributed by atoms with Crippen LogP contribution in [-0.4, -0.2) is 63.6 Å². The zero-order chi connectivity index (χ0) is 14.8. The molecule has 8 nitrogen and oxygen atoms in total. The zero-order valence-electron chi connectivity index (χ0n) is 9.98. The van der Waals surface area contributed by atoms with Crippen LogP contribution in [0.4, 0.5) is 0 Å². The van der Waals surface area contributed by atoms with Gasteiger partial charge >= 0.3 is 5.97 Å². The first-order chi connectivity index (χ1) is 8.60. The Bertz CT molecular complexity index is 501. The number of rotatable bonds is 5. The summed E-state index contributed by atoms with van der Waals surface area (Å²) in [5, 5.41) is 8.34. The van der Waals surface area contributed by atoms with Crippen LogP contribution >= 0.6 is 11.8 Å². The molecule has 0 aromatic carbocycles. The van der Waals surface area contributed by atoms with E-state index in [1.165, 1.54) is 6.92 Å². The number of carboxylic acid groups (broad SMARTS) is 1. The predicted molar refractivity (Wildman–Crippen MR) is 66.2 cm³/mol. The van der Waals surface area contributed by atoms with Gasteiger partial charge in [-0.05, 0) is 0 Å². The van der Waals surface area contributed by atoms with Crippen molar-refractivity contribution < 1.29 is 32.5 Å². The van der Waals surface area contributed by atoms with Gasteiger partial charge in [0.15, 0.2) is 5.12 Å². The molecule has 108 valence electrons. The van der Waals surface area contributed by atoms with Crippen molar-refractivity contribution in [3.05, 3.63) is 0 Å². The molecule has 0 saturated carbocycles. The maximum atomic E-state index is 11.7. The van der Waals surface area contributed by atoms with Crippen molar-refractivity contribution >= 4 is 38.9 Å². The fraction of sp³-hybridized carbons (Fsp3) is 0.667. The topological polar surface area (TPSA) is 129 Å². The summed E-state index contributed by atoms with van der Waals surface area (Å²) < 4.78 is 30.2. The smallest absolute Gasteiger partial charge is 0.327 e. The van der Waals surface area contributed by atoms with Crippen LogP contribution in [0, 0.1) is 0 Å². The van der Waals surface area contributed by atoms with Gasteiger partial charge in [-0.2, -0.15) is 8.42 Å². The van der Waals surface area contributed by atoms with Gasteiger partial charge in [-0.25, -0.2) is 4.79 Å². The molecule has 1 saturated heterocycles. The van der Waals surface area contributed by atoms with Crippen molar-refractivity contribution in [1.82, 2.24) is 4.90 Å². The van der Waals surface area contributed by atoms with E-state index in [4.69, 9.17) is 9.66 Å². The molecule has 10 heteroatoms. The van der Waals surface area contributed by atoms with Gasteiger partial charge in [-0.15, -0.1) is 0 Å². The monoisotopic (exact) mass is 311 g/mol. The maximum absolute atomic E-state index is 11.7. The number of amides is 1. The molecule has 1 aliphatic heterocycles. The minimum Gasteiger partial charge on any atom is -0.480 e. The highest BCUT2D eigenvalue weighted by Gasteiger charge is 2.40. The van der Waals surface area contributed by atoms with Gasteiger partial charge in [0.25, 0.3) is 10.1 Å². The Hall–Kier alpha value is -1.13. The molecule has 2 N–H and O–H groups in total. The summed E-state index contributed by atoms with van der Waals surface area (Å²) in [6, 6.07) is -1.64. The van der Waals surface area contributed by atoms with Crippen LogP contribution in [0.5, 0.6) is 0 Å². The molecule has 0 spiro atoms. The lowest BCUT2D eigenvalue weighted by atomic mass is 10.3. The fourth-order valence-electron chi connectivity index (χ4n) is 1.81. The highest BCUT2D eigenvalue weighted by molar-refractivity contribution is 8.14. The number of carboxylic acids is 1. The average molecular weight is 311 g/mol. The van der Waals surface area contributed by atoms with Crippen LogP contribution in [0.15, 0.2) is 0 Å². The van der Waals surface area contributed by atoms with E-state index >= 15 is 0 Å². The lowest BCUT2D eigenvalue weighted by molar-refractivity contribution is -0.147. The molecule has 1 heterocycles. The normalized spacial score (nSPS) is 21.5. The van der Waals surface area contributed by atoms with Crippen LogP contribution in [0.3, 0.4) is 0 Å². The number of hydrogen-bond acceptors (Lipinski definition) is 6. The van der Waals surface area contributed by atoms with Crippen LogP contribution in [0.25, 0.3) is 0 Å². The number of likely N-dealkylation sites (tertiary alicyclic amines) is 1. The molecule has 2 unspecified atom stereocenters. The maximum Gasteiger partial charge on any atom is 0.327 e. The minimum atomic E-state index is -4.52. The highest BCUT2D eigenvalue weighted by Crippen LogP contribution is 2.26. The predicted octanol–water partition coefficient (Wildman–Crippen LogP) is -0.792. The molecule has 0 radical (unpaired) electrons. The lowest BCUT2D eigenvalue weighted by Gasteiger charge is -2.23. The summed E-state index contributed by atoms with van der Waals surface area (Å²) in [5.41, 5.74) is 0. The first-order valence-electron chi connectivity index (χ1n) is 5.25. The number of carbonyl (C=O) groups is 3. The summed E-state index contributed by atoms with van der Waals surface area (Å²) in [5.74, 6) is -3.12. The fourth-order valence-corrected chi connectivity index (χ4v) is 3.46. The van der Waals surface area contributed by atoms with Crippen molar-refractivity contribution in [1.29, 1.82) is 0 Å². The largest absolute Gasteiger partial charge is 0.480 e. The standard InChI is InChI=1S/C9H13NO7S2/c1-5(11)18-6-2-8(12)10(3-6)7(9(13)14)4-19(15,16)17/h6-7H,2-4H2,1H3,(H,13,14)(H,15,16,17). The van der Waals surface area contributed by atoms with E-state index in [1.807, 2.05) is 0 Å². The molecule has 19 heavy (non-hydrogen) atoms. The molecule has 0 bridgehead atoms. The second-order valence-corrected chi connectivity index (χ2v) is 7.06. The molecular formula is C9H13NO7S2. The SMILES string of the molecule is CC(=O)SC1CC(=O)N(C(CS(=O)(=O)O)C(=O)O)C1. The lowest BCUT2D eigenvalue weighted by Crippen LogP contribution is -2.46. The number of nitrogens with zero attached hydrogens (tertiary/aromatic N) is 1. The Labute approximate surface area is 113 Å². The summed E-state index contributed by atoms with van der Waals surface area (Å²) in [4.78, 5) is 34.5. The molecule has 1 fully saturated rings. The van der Waals surface area contributed by atoms with Crippen LogP contribution < -0.4 is 0 Å². The summed E-state index contributed by atoms with van der Waals surface area (Å²) in [6.45, 7) is 1.29. The molecule has 1 amide bonds. The summed E-state index contributed by atoms with van der Waals surface area (Å²) in [6.07, 6.45) is -0.0283. The van der Waals surface area contributed by atoms with Gasteiger partial charge in [0.2, 0.25) is 5.91 Å². The average Bonchev–Trinajstić information content (AvgIpc) is 2.53. The first-order valence-corrected chi connectivity index (χ1v) is 7.73. The Morgan fingerprint density at radius 3 is 2.53 bits per heavy atom. The first kappa shape index (κ1) is 15.9. The molecule has 1 aliphatic rings. The van der Waals surface area contributed by atoms with E-state index in [0.29, 0.717) is 0 Å². The van der Waals surface area contributed by atoms with E-state index in [2.05, 4.69) is 0 Å². The third-order valence-electron chi connectivity index (χ3n) is 2.49. The van der Waals surface area contributed by atoms with Gasteiger partial charge < -0.3 is 10.0 Å².